The molecule has 0 aromatic heterocycles. The Bertz CT molecular complexity index is 341. The van der Waals surface area contributed by atoms with E-state index >= 15 is 0 Å². The third-order valence-electron chi connectivity index (χ3n) is 3.92. The predicted molar refractivity (Wildman–Crippen MR) is 79.1 cm³/mol. The number of hydrogen-bond acceptors (Lipinski definition) is 1. The van der Waals surface area contributed by atoms with E-state index in [0.29, 0.717) is 6.04 Å². The predicted octanol–water partition coefficient (Wildman–Crippen LogP) is 5.06. The molecular formula is C16H24ClN. The van der Waals surface area contributed by atoms with Gasteiger partial charge >= 0.3 is 0 Å². The lowest BCUT2D eigenvalue weighted by Gasteiger charge is -2.35. The molecule has 1 aliphatic heterocycles. The molecule has 2 heteroatoms. The summed E-state index contributed by atoms with van der Waals surface area (Å²) < 4.78 is 0. The molecule has 0 aliphatic carbocycles. The summed E-state index contributed by atoms with van der Waals surface area (Å²) >= 11 is 5.99. The van der Waals surface area contributed by atoms with Crippen LogP contribution in [-0.2, 0) is 0 Å². The van der Waals surface area contributed by atoms with E-state index in [1.807, 2.05) is 12.1 Å². The van der Waals surface area contributed by atoms with Gasteiger partial charge in [-0.05, 0) is 50.0 Å². The first kappa shape index (κ1) is 13.9. The quantitative estimate of drug-likeness (QED) is 0.720. The monoisotopic (exact) mass is 265 g/mol. The summed E-state index contributed by atoms with van der Waals surface area (Å²) in [5.41, 5.74) is 1.44. The fourth-order valence-electron chi connectivity index (χ4n) is 2.87. The number of piperidine rings is 1. The van der Waals surface area contributed by atoms with Gasteiger partial charge in [-0.1, -0.05) is 49.9 Å². The van der Waals surface area contributed by atoms with Gasteiger partial charge in [-0.15, -0.1) is 0 Å². The molecule has 0 saturated carbocycles. The third-order valence-corrected chi connectivity index (χ3v) is 4.17. The maximum Gasteiger partial charge on any atom is 0.0406 e. The van der Waals surface area contributed by atoms with E-state index in [1.54, 1.807) is 0 Å². The Balaban J connectivity index is 2.10. The molecule has 18 heavy (non-hydrogen) atoms. The van der Waals surface area contributed by atoms with E-state index in [4.69, 9.17) is 11.6 Å². The highest BCUT2D eigenvalue weighted by atomic mass is 35.5. The maximum atomic E-state index is 5.99. The molecule has 1 fully saturated rings. The van der Waals surface area contributed by atoms with E-state index in [-0.39, 0.29) is 0 Å². The molecule has 1 nitrogen and oxygen atoms in total. The van der Waals surface area contributed by atoms with Crippen molar-refractivity contribution >= 4 is 11.6 Å². The molecule has 0 amide bonds. The second-order valence-electron chi connectivity index (χ2n) is 5.31. The van der Waals surface area contributed by atoms with Crippen molar-refractivity contribution in [2.45, 2.75) is 51.5 Å². The van der Waals surface area contributed by atoms with Gasteiger partial charge in [-0.25, -0.2) is 0 Å². The lowest BCUT2D eigenvalue weighted by Crippen LogP contribution is -2.33. The molecule has 0 bridgehead atoms. The molecule has 1 saturated heterocycles. The van der Waals surface area contributed by atoms with E-state index in [0.717, 1.165) is 5.02 Å². The van der Waals surface area contributed by atoms with Crippen LogP contribution in [0.1, 0.15) is 57.1 Å². The first-order chi connectivity index (χ1) is 8.81. The normalized spacial score (nSPS) is 18.8. The number of hydrogen-bond donors (Lipinski definition) is 0. The van der Waals surface area contributed by atoms with Gasteiger partial charge in [-0.3, -0.25) is 4.90 Å². The van der Waals surface area contributed by atoms with Crippen molar-refractivity contribution in [2.24, 2.45) is 0 Å². The van der Waals surface area contributed by atoms with Gasteiger partial charge in [0.25, 0.3) is 0 Å². The first-order valence-corrected chi connectivity index (χ1v) is 7.68. The summed E-state index contributed by atoms with van der Waals surface area (Å²) in [6.45, 7) is 4.79. The van der Waals surface area contributed by atoms with Crippen molar-refractivity contribution in [3.63, 3.8) is 0 Å². The van der Waals surface area contributed by atoms with Crippen LogP contribution >= 0.6 is 11.6 Å². The summed E-state index contributed by atoms with van der Waals surface area (Å²) in [7, 11) is 0. The standard InChI is InChI=1S/C16H24ClN/c1-2-3-7-16(18-12-5-4-6-13-18)14-8-10-15(17)11-9-14/h8-11,16H,2-7,12-13H2,1H3/t16-/m0/s1. The summed E-state index contributed by atoms with van der Waals surface area (Å²) in [4.78, 5) is 2.67. The molecule has 1 heterocycles. The van der Waals surface area contributed by atoms with Crippen LogP contribution in [0.25, 0.3) is 0 Å². The van der Waals surface area contributed by atoms with Crippen molar-refractivity contribution < 1.29 is 0 Å². The van der Waals surface area contributed by atoms with Crippen LogP contribution in [0.2, 0.25) is 5.02 Å². The minimum atomic E-state index is 0.600. The van der Waals surface area contributed by atoms with Crippen molar-refractivity contribution in [3.05, 3.63) is 34.9 Å². The van der Waals surface area contributed by atoms with Gasteiger partial charge in [0.05, 0.1) is 0 Å². The van der Waals surface area contributed by atoms with Crippen molar-refractivity contribution in [3.8, 4) is 0 Å². The fraction of sp³-hybridized carbons (Fsp3) is 0.625. The topological polar surface area (TPSA) is 3.24 Å². The average Bonchev–Trinajstić information content (AvgIpc) is 2.42. The van der Waals surface area contributed by atoms with Crippen molar-refractivity contribution in [2.75, 3.05) is 13.1 Å². The highest BCUT2D eigenvalue weighted by Crippen LogP contribution is 2.29. The van der Waals surface area contributed by atoms with Crippen LogP contribution < -0.4 is 0 Å². The molecule has 1 aromatic carbocycles. The smallest absolute Gasteiger partial charge is 0.0406 e. The largest absolute Gasteiger partial charge is 0.296 e. The highest BCUT2D eigenvalue weighted by Gasteiger charge is 2.21. The molecule has 0 radical (unpaired) electrons. The van der Waals surface area contributed by atoms with Crippen molar-refractivity contribution in [1.82, 2.24) is 4.90 Å². The molecule has 2 rings (SSSR count). The molecule has 0 spiro atoms. The van der Waals surface area contributed by atoms with E-state index in [9.17, 15) is 0 Å². The van der Waals surface area contributed by atoms with Crippen LogP contribution in [0.5, 0.6) is 0 Å². The summed E-state index contributed by atoms with van der Waals surface area (Å²) in [6, 6.07) is 9.07. The van der Waals surface area contributed by atoms with Crippen LogP contribution in [-0.4, -0.2) is 18.0 Å². The zero-order chi connectivity index (χ0) is 12.8. The van der Waals surface area contributed by atoms with Gasteiger partial charge in [0.15, 0.2) is 0 Å². The van der Waals surface area contributed by atoms with Crippen LogP contribution in [0.4, 0.5) is 0 Å². The number of halogens is 1. The number of likely N-dealkylation sites (tertiary alicyclic amines) is 1. The minimum Gasteiger partial charge on any atom is -0.296 e. The molecule has 100 valence electrons. The molecule has 1 aromatic rings. The fourth-order valence-corrected chi connectivity index (χ4v) is 3.00. The lowest BCUT2D eigenvalue weighted by molar-refractivity contribution is 0.153. The highest BCUT2D eigenvalue weighted by molar-refractivity contribution is 6.30. The van der Waals surface area contributed by atoms with Gasteiger partial charge in [-0.2, -0.15) is 0 Å². The lowest BCUT2D eigenvalue weighted by atomic mass is 9.97. The molecule has 0 unspecified atom stereocenters. The maximum absolute atomic E-state index is 5.99. The zero-order valence-corrected chi connectivity index (χ0v) is 12.1. The van der Waals surface area contributed by atoms with Crippen LogP contribution in [0, 0.1) is 0 Å². The Kier molecular flexibility index (Phi) is 5.52. The van der Waals surface area contributed by atoms with Gasteiger partial charge in [0, 0.05) is 11.1 Å². The second kappa shape index (κ2) is 7.16. The second-order valence-corrected chi connectivity index (χ2v) is 5.74. The molecule has 1 aliphatic rings. The number of benzene rings is 1. The Morgan fingerprint density at radius 1 is 1.11 bits per heavy atom. The summed E-state index contributed by atoms with van der Waals surface area (Å²) in [5.74, 6) is 0. The summed E-state index contributed by atoms with van der Waals surface area (Å²) in [6.07, 6.45) is 7.98. The van der Waals surface area contributed by atoms with Gasteiger partial charge in [0.1, 0.15) is 0 Å². The SMILES string of the molecule is CCCC[C@@H](c1ccc(Cl)cc1)N1CCCCC1. The zero-order valence-electron chi connectivity index (χ0n) is 11.4. The Hall–Kier alpha value is -0.530. The van der Waals surface area contributed by atoms with Gasteiger partial charge < -0.3 is 0 Å². The van der Waals surface area contributed by atoms with Crippen LogP contribution in [0.3, 0.4) is 0 Å². The molecule has 1 atom stereocenters. The Morgan fingerprint density at radius 3 is 2.39 bits per heavy atom. The Labute approximate surface area is 116 Å². The first-order valence-electron chi connectivity index (χ1n) is 7.31. The number of nitrogens with zero attached hydrogens (tertiary/aromatic N) is 1. The minimum absolute atomic E-state index is 0.600. The average molecular weight is 266 g/mol. The Morgan fingerprint density at radius 2 is 1.78 bits per heavy atom. The molecule has 0 N–H and O–H groups in total. The van der Waals surface area contributed by atoms with E-state index < -0.39 is 0 Å². The summed E-state index contributed by atoms with van der Waals surface area (Å²) in [5, 5.41) is 0.839. The van der Waals surface area contributed by atoms with Crippen LogP contribution in [0.15, 0.2) is 24.3 Å². The van der Waals surface area contributed by atoms with Gasteiger partial charge in [0.2, 0.25) is 0 Å². The number of unbranched alkanes of at least 4 members (excludes halogenated alkanes) is 1. The van der Waals surface area contributed by atoms with E-state index in [1.165, 1.54) is 57.2 Å². The third kappa shape index (κ3) is 3.73. The molecular weight excluding hydrogens is 242 g/mol. The number of rotatable bonds is 5. The van der Waals surface area contributed by atoms with E-state index in [2.05, 4.69) is 24.0 Å². The van der Waals surface area contributed by atoms with Crippen molar-refractivity contribution in [1.29, 1.82) is 0 Å².